The summed E-state index contributed by atoms with van der Waals surface area (Å²) in [5, 5.41) is 11.7. The minimum absolute atomic E-state index is 0.641. The molecule has 0 aliphatic rings. The smallest absolute Gasteiger partial charge is 0.114 e. The van der Waals surface area contributed by atoms with Gasteiger partial charge in [0.1, 0.15) is 11.1 Å². The van der Waals surface area contributed by atoms with Crippen molar-refractivity contribution in [3.05, 3.63) is 35.2 Å². The number of aromatic nitrogens is 1. The molecule has 0 bridgehead atoms. The van der Waals surface area contributed by atoms with E-state index in [0.717, 1.165) is 15.6 Å². The highest BCUT2D eigenvalue weighted by atomic mass is 32.2. The van der Waals surface area contributed by atoms with Crippen LogP contribution in [0.5, 0.6) is 0 Å². The lowest BCUT2D eigenvalue weighted by Gasteiger charge is -2.01. The molecule has 2 aromatic heterocycles. The molecule has 2 heterocycles. The molecular formula is C11H8N2S2. The van der Waals surface area contributed by atoms with Gasteiger partial charge in [-0.25, -0.2) is 4.98 Å². The summed E-state index contributed by atoms with van der Waals surface area (Å²) in [6.45, 7) is 0. The second-order valence-corrected chi connectivity index (χ2v) is 4.59. The molecule has 0 amide bonds. The van der Waals surface area contributed by atoms with Gasteiger partial charge in [0.25, 0.3) is 0 Å². The zero-order valence-corrected chi connectivity index (χ0v) is 9.73. The van der Waals surface area contributed by atoms with Crippen LogP contribution in [0.3, 0.4) is 0 Å². The van der Waals surface area contributed by atoms with Gasteiger partial charge in [-0.05, 0) is 29.8 Å². The lowest BCUT2D eigenvalue weighted by molar-refractivity contribution is 1.12. The van der Waals surface area contributed by atoms with Crippen LogP contribution >= 0.6 is 23.1 Å². The summed E-state index contributed by atoms with van der Waals surface area (Å²) in [6, 6.07) is 9.89. The maximum Gasteiger partial charge on any atom is 0.114 e. The second kappa shape index (κ2) is 4.47. The van der Waals surface area contributed by atoms with Gasteiger partial charge in [-0.2, -0.15) is 5.26 Å². The van der Waals surface area contributed by atoms with Crippen LogP contribution in [0.2, 0.25) is 0 Å². The maximum absolute atomic E-state index is 8.87. The zero-order chi connectivity index (χ0) is 10.7. The van der Waals surface area contributed by atoms with Crippen LogP contribution in [-0.4, -0.2) is 11.2 Å². The first-order valence-corrected chi connectivity index (χ1v) is 6.44. The number of rotatable bonds is 2. The summed E-state index contributed by atoms with van der Waals surface area (Å²) in [5.74, 6) is 0. The average Bonchev–Trinajstić information content (AvgIpc) is 2.81. The van der Waals surface area contributed by atoms with Crippen LogP contribution in [0.15, 0.2) is 34.7 Å². The summed E-state index contributed by atoms with van der Waals surface area (Å²) in [7, 11) is 0. The quantitative estimate of drug-likeness (QED) is 0.745. The number of thioether (sulfide) groups is 1. The van der Waals surface area contributed by atoms with Gasteiger partial charge in [0, 0.05) is 0 Å². The normalized spacial score (nSPS) is 9.87. The number of hydrogen-bond donors (Lipinski definition) is 0. The Bertz CT molecular complexity index is 498. The van der Waals surface area contributed by atoms with Crippen molar-refractivity contribution in [1.29, 1.82) is 5.26 Å². The van der Waals surface area contributed by atoms with E-state index in [0.29, 0.717) is 5.56 Å². The molecule has 0 spiro atoms. The van der Waals surface area contributed by atoms with Gasteiger partial charge in [0.05, 0.1) is 16.1 Å². The summed E-state index contributed by atoms with van der Waals surface area (Å²) in [6.07, 6.45) is 1.93. The zero-order valence-electron chi connectivity index (χ0n) is 8.10. The Morgan fingerprint density at radius 1 is 1.40 bits per heavy atom. The highest BCUT2D eigenvalue weighted by molar-refractivity contribution is 7.98. The van der Waals surface area contributed by atoms with Crippen molar-refractivity contribution < 1.29 is 0 Å². The van der Waals surface area contributed by atoms with Crippen molar-refractivity contribution in [2.75, 3.05) is 6.26 Å². The molecule has 0 unspecified atom stereocenters. The number of pyridine rings is 1. The molecule has 0 saturated carbocycles. The van der Waals surface area contributed by atoms with Crippen LogP contribution in [0.4, 0.5) is 0 Å². The summed E-state index contributed by atoms with van der Waals surface area (Å²) in [5.41, 5.74) is 1.58. The molecule has 0 saturated heterocycles. The van der Waals surface area contributed by atoms with E-state index in [1.165, 1.54) is 11.8 Å². The van der Waals surface area contributed by atoms with E-state index in [1.54, 1.807) is 11.3 Å². The average molecular weight is 232 g/mol. The van der Waals surface area contributed by atoms with Crippen molar-refractivity contribution in [1.82, 2.24) is 4.98 Å². The van der Waals surface area contributed by atoms with E-state index in [2.05, 4.69) is 11.1 Å². The fourth-order valence-electron chi connectivity index (χ4n) is 1.24. The van der Waals surface area contributed by atoms with Gasteiger partial charge in [0.15, 0.2) is 0 Å². The standard InChI is InChI=1S/C11H8N2S2/c1-14-11-8(7-12)4-5-9(13-11)10-3-2-6-15-10/h2-6H,1H3. The number of hydrogen-bond acceptors (Lipinski definition) is 4. The lowest BCUT2D eigenvalue weighted by atomic mass is 10.2. The largest absolute Gasteiger partial charge is 0.239 e. The molecule has 0 atom stereocenters. The molecule has 4 heteroatoms. The fraction of sp³-hybridized carbons (Fsp3) is 0.0909. The van der Waals surface area contributed by atoms with Gasteiger partial charge in [-0.3, -0.25) is 0 Å². The predicted octanol–water partition coefficient (Wildman–Crippen LogP) is 3.40. The molecule has 2 nitrogen and oxygen atoms in total. The monoisotopic (exact) mass is 232 g/mol. The number of nitrogens with zero attached hydrogens (tertiary/aromatic N) is 2. The SMILES string of the molecule is CSc1nc(-c2cccs2)ccc1C#N. The summed E-state index contributed by atoms with van der Waals surface area (Å²) >= 11 is 3.16. The minimum Gasteiger partial charge on any atom is -0.239 e. The first kappa shape index (κ1) is 10.2. The molecule has 0 aromatic carbocycles. The summed E-state index contributed by atoms with van der Waals surface area (Å²) in [4.78, 5) is 5.59. The molecule has 0 aliphatic heterocycles. The molecular weight excluding hydrogens is 224 g/mol. The van der Waals surface area contributed by atoms with Crippen molar-refractivity contribution in [2.45, 2.75) is 5.03 Å². The van der Waals surface area contributed by atoms with Crippen molar-refractivity contribution in [2.24, 2.45) is 0 Å². The predicted molar refractivity (Wildman–Crippen MR) is 64.0 cm³/mol. The second-order valence-electron chi connectivity index (χ2n) is 2.84. The molecule has 0 fully saturated rings. The van der Waals surface area contributed by atoms with Crippen LogP contribution < -0.4 is 0 Å². The number of nitriles is 1. The molecule has 0 N–H and O–H groups in total. The molecule has 0 aliphatic carbocycles. The highest BCUT2D eigenvalue weighted by Gasteiger charge is 2.06. The van der Waals surface area contributed by atoms with Gasteiger partial charge in [-0.15, -0.1) is 23.1 Å². The Kier molecular flexibility index (Phi) is 3.05. The van der Waals surface area contributed by atoms with Gasteiger partial charge < -0.3 is 0 Å². The van der Waals surface area contributed by atoms with Crippen LogP contribution in [0, 0.1) is 11.3 Å². The fourth-order valence-corrected chi connectivity index (χ4v) is 2.46. The van der Waals surface area contributed by atoms with Crippen molar-refractivity contribution >= 4 is 23.1 Å². The Morgan fingerprint density at radius 3 is 2.87 bits per heavy atom. The van der Waals surface area contributed by atoms with E-state index in [1.807, 2.05) is 35.9 Å². The van der Waals surface area contributed by atoms with Crippen molar-refractivity contribution in [3.63, 3.8) is 0 Å². The first-order valence-electron chi connectivity index (χ1n) is 4.34. The van der Waals surface area contributed by atoms with E-state index >= 15 is 0 Å². The Labute approximate surface area is 96.6 Å². The van der Waals surface area contributed by atoms with Gasteiger partial charge in [0.2, 0.25) is 0 Å². The minimum atomic E-state index is 0.641. The van der Waals surface area contributed by atoms with E-state index in [9.17, 15) is 0 Å². The van der Waals surface area contributed by atoms with Gasteiger partial charge in [-0.1, -0.05) is 6.07 Å². The summed E-state index contributed by atoms with van der Waals surface area (Å²) < 4.78 is 0. The third-order valence-corrected chi connectivity index (χ3v) is 3.54. The molecule has 2 aromatic rings. The van der Waals surface area contributed by atoms with Crippen molar-refractivity contribution in [3.8, 4) is 16.6 Å². The van der Waals surface area contributed by atoms with Crippen LogP contribution in [0.25, 0.3) is 10.6 Å². The molecule has 74 valence electrons. The topological polar surface area (TPSA) is 36.7 Å². The van der Waals surface area contributed by atoms with E-state index in [-0.39, 0.29) is 0 Å². The Balaban J connectivity index is 2.49. The van der Waals surface area contributed by atoms with E-state index in [4.69, 9.17) is 5.26 Å². The Hall–Kier alpha value is -1.31. The first-order chi connectivity index (χ1) is 7.35. The lowest BCUT2D eigenvalue weighted by Crippen LogP contribution is -1.88. The van der Waals surface area contributed by atoms with E-state index < -0.39 is 0 Å². The number of thiophene rings is 1. The van der Waals surface area contributed by atoms with Crippen LogP contribution in [0.1, 0.15) is 5.56 Å². The highest BCUT2D eigenvalue weighted by Crippen LogP contribution is 2.26. The molecule has 15 heavy (non-hydrogen) atoms. The van der Waals surface area contributed by atoms with Crippen LogP contribution in [-0.2, 0) is 0 Å². The van der Waals surface area contributed by atoms with Gasteiger partial charge >= 0.3 is 0 Å². The Morgan fingerprint density at radius 2 is 2.27 bits per heavy atom. The third kappa shape index (κ3) is 2.04. The molecule has 0 radical (unpaired) electrons. The third-order valence-electron chi connectivity index (χ3n) is 1.95. The maximum atomic E-state index is 8.87. The molecule has 2 rings (SSSR count).